The van der Waals surface area contributed by atoms with Crippen LogP contribution < -0.4 is 4.74 Å². The Balaban J connectivity index is 1.60. The van der Waals surface area contributed by atoms with Gasteiger partial charge in [0.1, 0.15) is 12.7 Å². The van der Waals surface area contributed by atoms with Gasteiger partial charge in [-0.05, 0) is 35.2 Å². The summed E-state index contributed by atoms with van der Waals surface area (Å²) >= 11 is 3.40. The molecule has 0 amide bonds. The molecule has 0 radical (unpaired) electrons. The van der Waals surface area contributed by atoms with Crippen molar-refractivity contribution in [2.45, 2.75) is 38.2 Å². The highest BCUT2D eigenvalue weighted by Gasteiger charge is 2.26. The standard InChI is InChI=1S/C11H15BrN2O3/c12-9-5-13-14-6-8(7-16-11(9)14)17-10-3-1-2-4-15-10/h5,8,10H,1-4,6-7H2. The molecule has 6 heteroatoms. The van der Waals surface area contributed by atoms with Crippen LogP contribution in [0.15, 0.2) is 10.7 Å². The highest BCUT2D eigenvalue weighted by atomic mass is 79.9. The van der Waals surface area contributed by atoms with E-state index in [1.54, 1.807) is 6.20 Å². The summed E-state index contributed by atoms with van der Waals surface area (Å²) in [7, 11) is 0. The first-order valence-corrected chi connectivity index (χ1v) is 6.73. The molecular weight excluding hydrogens is 288 g/mol. The van der Waals surface area contributed by atoms with Gasteiger partial charge in [-0.3, -0.25) is 0 Å². The third-order valence-corrected chi connectivity index (χ3v) is 3.56. The number of ether oxygens (including phenoxy) is 3. The van der Waals surface area contributed by atoms with E-state index in [0.717, 1.165) is 36.3 Å². The van der Waals surface area contributed by atoms with Gasteiger partial charge in [-0.15, -0.1) is 0 Å². The lowest BCUT2D eigenvalue weighted by atomic mass is 10.2. The maximum Gasteiger partial charge on any atom is 0.226 e. The highest BCUT2D eigenvalue weighted by molar-refractivity contribution is 9.10. The van der Waals surface area contributed by atoms with Crippen LogP contribution in [0.2, 0.25) is 0 Å². The van der Waals surface area contributed by atoms with Gasteiger partial charge in [0.25, 0.3) is 0 Å². The van der Waals surface area contributed by atoms with E-state index in [1.165, 1.54) is 6.42 Å². The van der Waals surface area contributed by atoms with Crippen molar-refractivity contribution in [3.63, 3.8) is 0 Å². The summed E-state index contributed by atoms with van der Waals surface area (Å²) in [6.07, 6.45) is 4.99. The van der Waals surface area contributed by atoms with Gasteiger partial charge in [-0.25, -0.2) is 4.68 Å². The number of fused-ring (bicyclic) bond motifs is 1. The van der Waals surface area contributed by atoms with Gasteiger partial charge >= 0.3 is 0 Å². The van der Waals surface area contributed by atoms with Crippen molar-refractivity contribution in [3.8, 4) is 5.88 Å². The minimum absolute atomic E-state index is 0.0254. The minimum Gasteiger partial charge on any atom is -0.474 e. The zero-order chi connectivity index (χ0) is 11.7. The zero-order valence-corrected chi connectivity index (χ0v) is 11.1. The van der Waals surface area contributed by atoms with Gasteiger partial charge in [0.05, 0.1) is 17.2 Å². The second-order valence-electron chi connectivity index (χ2n) is 4.34. The summed E-state index contributed by atoms with van der Waals surface area (Å²) in [5, 5.41) is 4.22. The number of halogens is 1. The van der Waals surface area contributed by atoms with E-state index in [-0.39, 0.29) is 12.4 Å². The molecule has 0 saturated carbocycles. The Labute approximate surface area is 108 Å². The van der Waals surface area contributed by atoms with Crippen molar-refractivity contribution in [1.29, 1.82) is 0 Å². The first-order chi connectivity index (χ1) is 8.33. The largest absolute Gasteiger partial charge is 0.474 e. The number of hydrogen-bond donors (Lipinski definition) is 0. The topological polar surface area (TPSA) is 45.5 Å². The minimum atomic E-state index is -0.0714. The normalized spacial score (nSPS) is 28.5. The second-order valence-corrected chi connectivity index (χ2v) is 5.20. The maximum absolute atomic E-state index is 5.87. The summed E-state index contributed by atoms with van der Waals surface area (Å²) in [6.45, 7) is 2.09. The summed E-state index contributed by atoms with van der Waals surface area (Å²) in [5.41, 5.74) is 0. The fourth-order valence-corrected chi connectivity index (χ4v) is 2.57. The third-order valence-electron chi connectivity index (χ3n) is 3.01. The monoisotopic (exact) mass is 302 g/mol. The van der Waals surface area contributed by atoms with E-state index >= 15 is 0 Å². The molecule has 3 heterocycles. The average molecular weight is 303 g/mol. The lowest BCUT2D eigenvalue weighted by Crippen LogP contribution is -2.37. The lowest BCUT2D eigenvalue weighted by Gasteiger charge is -2.30. The van der Waals surface area contributed by atoms with Crippen LogP contribution in [0.4, 0.5) is 0 Å². The first-order valence-electron chi connectivity index (χ1n) is 5.94. The van der Waals surface area contributed by atoms with E-state index in [4.69, 9.17) is 14.2 Å². The molecule has 2 aliphatic heterocycles. The fraction of sp³-hybridized carbons (Fsp3) is 0.727. The Bertz CT molecular complexity index is 390. The molecule has 2 aliphatic rings. The van der Waals surface area contributed by atoms with Crippen molar-refractivity contribution >= 4 is 15.9 Å². The second kappa shape index (κ2) is 4.96. The molecule has 0 aliphatic carbocycles. The predicted molar refractivity (Wildman–Crippen MR) is 63.9 cm³/mol. The molecule has 0 N–H and O–H groups in total. The van der Waals surface area contributed by atoms with Crippen LogP contribution in [0, 0.1) is 0 Å². The number of nitrogens with zero attached hydrogens (tertiary/aromatic N) is 2. The van der Waals surface area contributed by atoms with Gasteiger partial charge < -0.3 is 14.2 Å². The molecule has 2 unspecified atom stereocenters. The smallest absolute Gasteiger partial charge is 0.226 e. The van der Waals surface area contributed by atoms with Gasteiger partial charge in [-0.2, -0.15) is 5.10 Å². The van der Waals surface area contributed by atoms with Crippen LogP contribution in [-0.2, 0) is 16.0 Å². The van der Waals surface area contributed by atoms with Gasteiger partial charge in [-0.1, -0.05) is 0 Å². The maximum atomic E-state index is 5.87. The molecule has 17 heavy (non-hydrogen) atoms. The molecular formula is C11H15BrN2O3. The van der Waals surface area contributed by atoms with Crippen molar-refractivity contribution in [1.82, 2.24) is 9.78 Å². The highest BCUT2D eigenvalue weighted by Crippen LogP contribution is 2.28. The van der Waals surface area contributed by atoms with Crippen molar-refractivity contribution in [2.24, 2.45) is 0 Å². The van der Waals surface area contributed by atoms with Crippen LogP contribution in [0.5, 0.6) is 5.88 Å². The van der Waals surface area contributed by atoms with Crippen LogP contribution in [0.1, 0.15) is 19.3 Å². The molecule has 3 rings (SSSR count). The Hall–Kier alpha value is -0.590. The number of aromatic nitrogens is 2. The Kier molecular flexibility index (Phi) is 3.35. The van der Waals surface area contributed by atoms with Gasteiger partial charge in [0, 0.05) is 6.61 Å². The average Bonchev–Trinajstić information content (AvgIpc) is 2.72. The Morgan fingerprint density at radius 1 is 1.47 bits per heavy atom. The van der Waals surface area contributed by atoms with E-state index < -0.39 is 0 Å². The number of hydrogen-bond acceptors (Lipinski definition) is 4. The van der Waals surface area contributed by atoms with Crippen molar-refractivity contribution in [3.05, 3.63) is 10.7 Å². The van der Waals surface area contributed by atoms with E-state index in [9.17, 15) is 0 Å². The van der Waals surface area contributed by atoms with Crippen molar-refractivity contribution in [2.75, 3.05) is 13.2 Å². The van der Waals surface area contributed by atoms with E-state index in [2.05, 4.69) is 21.0 Å². The molecule has 2 atom stereocenters. The van der Waals surface area contributed by atoms with Crippen LogP contribution in [0.25, 0.3) is 0 Å². The SMILES string of the molecule is Brc1cnn2c1OCC(OC1CCCCO1)C2. The van der Waals surface area contributed by atoms with Crippen LogP contribution in [-0.4, -0.2) is 35.4 Å². The third kappa shape index (κ3) is 2.48. The number of rotatable bonds is 2. The molecule has 5 nitrogen and oxygen atoms in total. The zero-order valence-electron chi connectivity index (χ0n) is 9.47. The van der Waals surface area contributed by atoms with Gasteiger partial charge in [0.2, 0.25) is 5.88 Å². The molecule has 1 saturated heterocycles. The molecule has 94 valence electrons. The van der Waals surface area contributed by atoms with Gasteiger partial charge in [0.15, 0.2) is 6.29 Å². The van der Waals surface area contributed by atoms with Crippen LogP contribution >= 0.6 is 15.9 Å². The lowest BCUT2D eigenvalue weighted by molar-refractivity contribution is -0.200. The molecule has 0 spiro atoms. The molecule has 0 bridgehead atoms. The molecule has 0 aromatic carbocycles. The Morgan fingerprint density at radius 2 is 2.41 bits per heavy atom. The summed E-state index contributed by atoms with van der Waals surface area (Å²) in [4.78, 5) is 0. The molecule has 1 aromatic heterocycles. The Morgan fingerprint density at radius 3 is 3.24 bits per heavy atom. The molecule has 1 fully saturated rings. The predicted octanol–water partition coefficient (Wildman–Crippen LogP) is 1.95. The quantitative estimate of drug-likeness (QED) is 0.838. The van der Waals surface area contributed by atoms with Crippen molar-refractivity contribution < 1.29 is 14.2 Å². The van der Waals surface area contributed by atoms with E-state index in [1.807, 2.05) is 4.68 Å². The van der Waals surface area contributed by atoms with E-state index in [0.29, 0.717) is 6.61 Å². The first kappa shape index (κ1) is 11.5. The summed E-state index contributed by atoms with van der Waals surface area (Å²) in [6, 6.07) is 0. The van der Waals surface area contributed by atoms with Crippen LogP contribution in [0.3, 0.4) is 0 Å². The summed E-state index contributed by atoms with van der Waals surface area (Å²) < 4.78 is 19.8. The molecule has 1 aromatic rings. The summed E-state index contributed by atoms with van der Waals surface area (Å²) in [5.74, 6) is 0.786. The fourth-order valence-electron chi connectivity index (χ4n) is 2.16.